The Morgan fingerprint density at radius 3 is 2.53 bits per heavy atom. The summed E-state index contributed by atoms with van der Waals surface area (Å²) in [5, 5.41) is 10.5. The molecule has 0 N–H and O–H groups in total. The minimum atomic E-state index is -0.374. The van der Waals surface area contributed by atoms with Gasteiger partial charge >= 0.3 is 0 Å². The predicted octanol–water partition coefficient (Wildman–Crippen LogP) is 4.18. The average Bonchev–Trinajstić information content (AvgIpc) is 2.13. The van der Waals surface area contributed by atoms with E-state index in [4.69, 9.17) is 23.2 Å². The van der Waals surface area contributed by atoms with Gasteiger partial charge in [-0.2, -0.15) is 5.26 Å². The largest absolute Gasteiger partial charge is 0.197 e. The highest BCUT2D eigenvalue weighted by atomic mass is 35.5. The third-order valence-electron chi connectivity index (χ3n) is 3.05. The molecular formula is C12H11Cl2N. The van der Waals surface area contributed by atoms with Gasteiger partial charge in [0.15, 0.2) is 0 Å². The summed E-state index contributed by atoms with van der Waals surface area (Å²) in [4.78, 5) is 0. The van der Waals surface area contributed by atoms with E-state index in [9.17, 15) is 5.26 Å². The summed E-state index contributed by atoms with van der Waals surface area (Å²) < 4.78 is 0. The van der Waals surface area contributed by atoms with Crippen LogP contribution in [-0.4, -0.2) is 0 Å². The summed E-state index contributed by atoms with van der Waals surface area (Å²) in [5.74, 6) is 0.608. The van der Waals surface area contributed by atoms with E-state index in [0.717, 1.165) is 18.4 Å². The zero-order chi connectivity index (χ0) is 11.1. The van der Waals surface area contributed by atoms with Gasteiger partial charge in [-0.25, -0.2) is 0 Å². The average molecular weight is 240 g/mol. The predicted molar refractivity (Wildman–Crippen MR) is 62.2 cm³/mol. The van der Waals surface area contributed by atoms with Crippen molar-refractivity contribution in [1.82, 2.24) is 0 Å². The Kier molecular flexibility index (Phi) is 2.66. The lowest BCUT2D eigenvalue weighted by atomic mass is 9.60. The van der Waals surface area contributed by atoms with Crippen molar-refractivity contribution in [3.63, 3.8) is 0 Å². The lowest BCUT2D eigenvalue weighted by Gasteiger charge is -2.41. The van der Waals surface area contributed by atoms with Gasteiger partial charge in [-0.15, -0.1) is 0 Å². The Morgan fingerprint density at radius 2 is 2.07 bits per heavy atom. The highest BCUT2D eigenvalue weighted by molar-refractivity contribution is 6.35. The summed E-state index contributed by atoms with van der Waals surface area (Å²) in [6, 6.07) is 7.77. The van der Waals surface area contributed by atoms with Crippen molar-refractivity contribution in [3.8, 4) is 6.07 Å². The molecule has 0 aromatic heterocycles. The molecule has 0 amide bonds. The lowest BCUT2D eigenvalue weighted by Crippen LogP contribution is -2.38. The maximum Gasteiger partial charge on any atom is 0.0841 e. The molecule has 0 radical (unpaired) electrons. The van der Waals surface area contributed by atoms with Crippen LogP contribution in [0.1, 0.15) is 25.3 Å². The van der Waals surface area contributed by atoms with Gasteiger partial charge in [-0.1, -0.05) is 36.2 Å². The maximum absolute atomic E-state index is 9.26. The van der Waals surface area contributed by atoms with Crippen LogP contribution in [0, 0.1) is 17.2 Å². The van der Waals surface area contributed by atoms with Crippen LogP contribution in [0.5, 0.6) is 0 Å². The van der Waals surface area contributed by atoms with Crippen molar-refractivity contribution in [3.05, 3.63) is 33.8 Å². The highest BCUT2D eigenvalue weighted by Gasteiger charge is 2.44. The maximum atomic E-state index is 9.26. The molecule has 15 heavy (non-hydrogen) atoms. The van der Waals surface area contributed by atoms with E-state index < -0.39 is 0 Å². The smallest absolute Gasteiger partial charge is 0.0841 e. The second-order valence-corrected chi connectivity index (χ2v) is 5.18. The molecule has 0 saturated heterocycles. The van der Waals surface area contributed by atoms with Gasteiger partial charge in [0, 0.05) is 10.0 Å². The van der Waals surface area contributed by atoms with Crippen LogP contribution in [0.25, 0.3) is 0 Å². The summed E-state index contributed by atoms with van der Waals surface area (Å²) in [7, 11) is 0. The van der Waals surface area contributed by atoms with E-state index in [1.807, 2.05) is 6.07 Å². The highest BCUT2D eigenvalue weighted by Crippen LogP contribution is 2.49. The molecule has 1 nitrogen and oxygen atoms in total. The van der Waals surface area contributed by atoms with Crippen molar-refractivity contribution in [1.29, 1.82) is 5.26 Å². The van der Waals surface area contributed by atoms with Crippen LogP contribution in [0.4, 0.5) is 0 Å². The number of benzene rings is 1. The minimum Gasteiger partial charge on any atom is -0.197 e. The summed E-state index contributed by atoms with van der Waals surface area (Å²) in [6.45, 7) is 2.15. The molecule has 0 bridgehead atoms. The number of rotatable bonds is 1. The second-order valence-electron chi connectivity index (χ2n) is 4.33. The van der Waals surface area contributed by atoms with Crippen molar-refractivity contribution in [2.45, 2.75) is 25.2 Å². The Balaban J connectivity index is 2.41. The SMILES string of the molecule is CC1CC(C#N)(c2ccc(Cl)cc2Cl)C1. The first-order valence-corrected chi connectivity index (χ1v) is 5.70. The fourth-order valence-electron chi connectivity index (χ4n) is 2.38. The first kappa shape index (κ1) is 10.8. The van der Waals surface area contributed by atoms with Gasteiger partial charge in [0.2, 0.25) is 0 Å². The molecule has 0 spiro atoms. The number of hydrogen-bond acceptors (Lipinski definition) is 1. The molecule has 1 aromatic rings. The molecule has 1 aliphatic carbocycles. The van der Waals surface area contributed by atoms with E-state index in [1.54, 1.807) is 12.1 Å². The van der Waals surface area contributed by atoms with E-state index in [-0.39, 0.29) is 5.41 Å². The van der Waals surface area contributed by atoms with Gasteiger partial charge < -0.3 is 0 Å². The standard InChI is InChI=1S/C12H11Cl2N/c1-8-5-12(6-8,7-15)10-3-2-9(13)4-11(10)14/h2-4,8H,5-6H2,1H3. The van der Waals surface area contributed by atoms with Gasteiger partial charge in [0.05, 0.1) is 11.5 Å². The molecule has 0 atom stereocenters. The summed E-state index contributed by atoms with van der Waals surface area (Å²) >= 11 is 12.0. The quantitative estimate of drug-likeness (QED) is 0.722. The van der Waals surface area contributed by atoms with Crippen molar-refractivity contribution in [2.75, 3.05) is 0 Å². The van der Waals surface area contributed by atoms with Crippen molar-refractivity contribution in [2.24, 2.45) is 5.92 Å². The van der Waals surface area contributed by atoms with Crippen LogP contribution in [0.2, 0.25) is 10.0 Å². The first-order valence-electron chi connectivity index (χ1n) is 4.94. The van der Waals surface area contributed by atoms with Crippen LogP contribution < -0.4 is 0 Å². The molecule has 1 fully saturated rings. The Bertz CT molecular complexity index is 428. The van der Waals surface area contributed by atoms with Crippen molar-refractivity contribution < 1.29 is 0 Å². The zero-order valence-electron chi connectivity index (χ0n) is 8.43. The van der Waals surface area contributed by atoms with Gasteiger partial charge in [-0.3, -0.25) is 0 Å². The third-order valence-corrected chi connectivity index (χ3v) is 3.60. The fourth-order valence-corrected chi connectivity index (χ4v) is 2.97. The van der Waals surface area contributed by atoms with Crippen LogP contribution in [0.3, 0.4) is 0 Å². The van der Waals surface area contributed by atoms with E-state index in [0.29, 0.717) is 16.0 Å². The lowest BCUT2D eigenvalue weighted by molar-refractivity contribution is 0.217. The summed E-state index contributed by atoms with van der Waals surface area (Å²) in [6.07, 6.45) is 1.79. The Morgan fingerprint density at radius 1 is 1.40 bits per heavy atom. The van der Waals surface area contributed by atoms with Gasteiger partial charge in [0.1, 0.15) is 0 Å². The first-order chi connectivity index (χ1) is 7.07. The fraction of sp³-hybridized carbons (Fsp3) is 0.417. The molecule has 1 aliphatic rings. The van der Waals surface area contributed by atoms with Crippen LogP contribution in [0.15, 0.2) is 18.2 Å². The van der Waals surface area contributed by atoms with Gasteiger partial charge in [0.25, 0.3) is 0 Å². The number of halogens is 2. The Hall–Kier alpha value is -0.710. The molecular weight excluding hydrogens is 229 g/mol. The molecule has 1 saturated carbocycles. The van der Waals surface area contributed by atoms with Crippen molar-refractivity contribution >= 4 is 23.2 Å². The second kappa shape index (κ2) is 3.70. The van der Waals surface area contributed by atoms with E-state index >= 15 is 0 Å². The molecule has 78 valence electrons. The normalized spacial score (nSPS) is 29.3. The van der Waals surface area contributed by atoms with E-state index in [1.165, 1.54) is 0 Å². The third kappa shape index (κ3) is 1.73. The number of hydrogen-bond donors (Lipinski definition) is 0. The molecule has 0 aliphatic heterocycles. The Labute approximate surface area is 99.6 Å². The summed E-state index contributed by atoms with van der Waals surface area (Å²) in [5.41, 5.74) is 0.551. The number of nitriles is 1. The zero-order valence-corrected chi connectivity index (χ0v) is 9.94. The molecule has 0 unspecified atom stereocenters. The minimum absolute atomic E-state index is 0.374. The molecule has 2 rings (SSSR count). The molecule has 3 heteroatoms. The topological polar surface area (TPSA) is 23.8 Å². The molecule has 0 heterocycles. The van der Waals surface area contributed by atoms with Crippen LogP contribution >= 0.6 is 23.2 Å². The van der Waals surface area contributed by atoms with E-state index in [2.05, 4.69) is 13.0 Å². The molecule has 1 aromatic carbocycles. The number of nitrogens with zero attached hydrogens (tertiary/aromatic N) is 1. The van der Waals surface area contributed by atoms with Crippen LogP contribution in [-0.2, 0) is 5.41 Å². The van der Waals surface area contributed by atoms with Gasteiger partial charge in [-0.05, 0) is 36.5 Å². The monoisotopic (exact) mass is 239 g/mol.